The number of hydrogen-bond donors (Lipinski definition) is 2. The van der Waals surface area contributed by atoms with Gasteiger partial charge in [0, 0.05) is 6.54 Å². The Kier molecular flexibility index (Phi) is 5.32. The molecule has 0 aliphatic heterocycles. The number of nitrogens with one attached hydrogen (secondary N) is 1. The third kappa shape index (κ3) is 3.95. The molecule has 0 fully saturated rings. The highest BCUT2D eigenvalue weighted by Gasteiger charge is 2.27. The number of ether oxygens (including phenoxy) is 1. The highest BCUT2D eigenvalue weighted by molar-refractivity contribution is 7.89. The highest BCUT2D eigenvalue weighted by atomic mass is 32.2. The summed E-state index contributed by atoms with van der Waals surface area (Å²) in [6.07, 6.45) is 0. The van der Waals surface area contributed by atoms with E-state index >= 15 is 0 Å². The fourth-order valence-electron chi connectivity index (χ4n) is 2.35. The monoisotopic (exact) mass is 349 g/mol. The summed E-state index contributed by atoms with van der Waals surface area (Å²) in [4.78, 5) is 0.0666. The highest BCUT2D eigenvalue weighted by Crippen LogP contribution is 2.28. The van der Waals surface area contributed by atoms with Crippen LogP contribution in [-0.4, -0.2) is 27.2 Å². The summed E-state index contributed by atoms with van der Waals surface area (Å²) in [6.45, 7) is 5.16. The molecular formula is C18H23NO4S. The average Bonchev–Trinajstić information content (AvgIpc) is 2.56. The minimum atomic E-state index is -3.82. The van der Waals surface area contributed by atoms with Crippen molar-refractivity contribution in [1.82, 2.24) is 4.72 Å². The lowest BCUT2D eigenvalue weighted by Gasteiger charge is -2.24. The molecule has 0 amide bonds. The van der Waals surface area contributed by atoms with E-state index in [0.717, 1.165) is 11.1 Å². The first-order valence-corrected chi connectivity index (χ1v) is 9.08. The van der Waals surface area contributed by atoms with Crippen molar-refractivity contribution in [1.29, 1.82) is 0 Å². The van der Waals surface area contributed by atoms with Gasteiger partial charge < -0.3 is 9.84 Å². The van der Waals surface area contributed by atoms with Crippen LogP contribution in [-0.2, 0) is 15.6 Å². The molecule has 1 unspecified atom stereocenters. The fraction of sp³-hybridized carbons (Fsp3) is 0.333. The molecule has 5 nitrogen and oxygen atoms in total. The van der Waals surface area contributed by atoms with Crippen molar-refractivity contribution >= 4 is 10.0 Å². The quantitative estimate of drug-likeness (QED) is 0.840. The third-order valence-corrected chi connectivity index (χ3v) is 5.49. The van der Waals surface area contributed by atoms with Crippen LogP contribution < -0.4 is 9.46 Å². The minimum absolute atomic E-state index is 0.0666. The van der Waals surface area contributed by atoms with Crippen LogP contribution in [0.5, 0.6) is 5.75 Å². The maximum atomic E-state index is 12.7. The molecule has 0 heterocycles. The third-order valence-electron chi connectivity index (χ3n) is 4.07. The van der Waals surface area contributed by atoms with Gasteiger partial charge in [-0.1, -0.05) is 30.3 Å². The van der Waals surface area contributed by atoms with Crippen LogP contribution in [0.2, 0.25) is 0 Å². The Morgan fingerprint density at radius 3 is 2.29 bits per heavy atom. The van der Waals surface area contributed by atoms with Gasteiger partial charge in [-0.25, -0.2) is 13.1 Å². The Balaban J connectivity index is 2.28. The Hall–Kier alpha value is -1.89. The lowest BCUT2D eigenvalue weighted by atomic mass is 9.97. The van der Waals surface area contributed by atoms with Gasteiger partial charge >= 0.3 is 0 Å². The second-order valence-corrected chi connectivity index (χ2v) is 7.79. The van der Waals surface area contributed by atoms with Crippen molar-refractivity contribution in [3.05, 3.63) is 59.2 Å². The maximum Gasteiger partial charge on any atom is 0.244 e. The van der Waals surface area contributed by atoms with E-state index in [1.165, 1.54) is 7.11 Å². The molecule has 2 aromatic rings. The van der Waals surface area contributed by atoms with E-state index in [2.05, 4.69) is 4.72 Å². The van der Waals surface area contributed by atoms with Crippen molar-refractivity contribution in [2.45, 2.75) is 31.3 Å². The second kappa shape index (κ2) is 6.93. The van der Waals surface area contributed by atoms with Crippen LogP contribution in [0.25, 0.3) is 0 Å². The van der Waals surface area contributed by atoms with Crippen LogP contribution >= 0.6 is 0 Å². The van der Waals surface area contributed by atoms with Crippen molar-refractivity contribution in [2.75, 3.05) is 13.7 Å². The lowest BCUT2D eigenvalue weighted by Crippen LogP contribution is -2.38. The SMILES string of the molecule is COc1cc(C)c(C)cc1S(=O)(=O)NCC(C)(O)c1ccccc1. The van der Waals surface area contributed by atoms with E-state index in [1.807, 2.05) is 19.9 Å². The van der Waals surface area contributed by atoms with Crippen LogP contribution in [0.4, 0.5) is 0 Å². The minimum Gasteiger partial charge on any atom is -0.495 e. The van der Waals surface area contributed by atoms with E-state index in [0.29, 0.717) is 5.56 Å². The van der Waals surface area contributed by atoms with Gasteiger partial charge in [-0.15, -0.1) is 0 Å². The van der Waals surface area contributed by atoms with E-state index in [1.54, 1.807) is 43.3 Å². The zero-order valence-corrected chi connectivity index (χ0v) is 15.1. The van der Waals surface area contributed by atoms with E-state index < -0.39 is 15.6 Å². The molecule has 2 rings (SSSR count). The summed E-state index contributed by atoms with van der Waals surface area (Å²) < 4.78 is 33.0. The number of sulfonamides is 1. The summed E-state index contributed by atoms with van der Waals surface area (Å²) in [5.74, 6) is 0.282. The zero-order chi connectivity index (χ0) is 18.0. The van der Waals surface area contributed by atoms with E-state index in [4.69, 9.17) is 4.74 Å². The topological polar surface area (TPSA) is 75.6 Å². The normalized spacial score (nSPS) is 14.2. The number of aliphatic hydroxyl groups is 1. The van der Waals surface area contributed by atoms with Crippen molar-refractivity contribution in [2.24, 2.45) is 0 Å². The Morgan fingerprint density at radius 2 is 1.71 bits per heavy atom. The summed E-state index contributed by atoms with van der Waals surface area (Å²) >= 11 is 0. The number of aryl methyl sites for hydroxylation is 2. The van der Waals surface area contributed by atoms with Gasteiger partial charge in [0.1, 0.15) is 16.2 Å². The van der Waals surface area contributed by atoms with Gasteiger partial charge in [0.2, 0.25) is 10.0 Å². The molecule has 0 saturated carbocycles. The number of methoxy groups -OCH3 is 1. The number of benzene rings is 2. The average molecular weight is 349 g/mol. The van der Waals surface area contributed by atoms with Gasteiger partial charge in [-0.2, -0.15) is 0 Å². The first-order chi connectivity index (χ1) is 11.2. The smallest absolute Gasteiger partial charge is 0.244 e. The maximum absolute atomic E-state index is 12.7. The molecule has 130 valence electrons. The molecule has 2 aromatic carbocycles. The zero-order valence-electron chi connectivity index (χ0n) is 14.3. The Morgan fingerprint density at radius 1 is 1.12 bits per heavy atom. The molecule has 0 radical (unpaired) electrons. The van der Waals surface area contributed by atoms with Crippen LogP contribution in [0, 0.1) is 13.8 Å². The van der Waals surface area contributed by atoms with Gasteiger partial charge in [-0.05, 0) is 49.6 Å². The number of hydrogen-bond acceptors (Lipinski definition) is 4. The molecule has 2 N–H and O–H groups in total. The molecule has 0 aliphatic rings. The van der Waals surface area contributed by atoms with Crippen LogP contribution in [0.15, 0.2) is 47.4 Å². The molecule has 0 aliphatic carbocycles. The Labute approximate surface area is 143 Å². The Bertz CT molecular complexity index is 814. The predicted octanol–water partition coefficient (Wildman–Crippen LogP) is 2.50. The number of rotatable bonds is 6. The predicted molar refractivity (Wildman–Crippen MR) is 93.7 cm³/mol. The van der Waals surface area contributed by atoms with Crippen molar-refractivity contribution in [3.63, 3.8) is 0 Å². The van der Waals surface area contributed by atoms with E-state index in [9.17, 15) is 13.5 Å². The second-order valence-electron chi connectivity index (χ2n) is 6.05. The molecule has 0 spiro atoms. The summed E-state index contributed by atoms with van der Waals surface area (Å²) in [5, 5.41) is 10.6. The van der Waals surface area contributed by atoms with Gasteiger partial charge in [-0.3, -0.25) is 0 Å². The van der Waals surface area contributed by atoms with E-state index in [-0.39, 0.29) is 17.2 Å². The lowest BCUT2D eigenvalue weighted by molar-refractivity contribution is 0.0627. The van der Waals surface area contributed by atoms with Crippen molar-refractivity contribution in [3.8, 4) is 5.75 Å². The van der Waals surface area contributed by atoms with Gasteiger partial charge in [0.15, 0.2) is 0 Å². The fourth-order valence-corrected chi connectivity index (χ4v) is 3.71. The largest absolute Gasteiger partial charge is 0.495 e. The molecule has 0 aromatic heterocycles. The summed E-state index contributed by atoms with van der Waals surface area (Å²) in [7, 11) is -2.38. The molecule has 0 bridgehead atoms. The van der Waals surface area contributed by atoms with Gasteiger partial charge in [0.25, 0.3) is 0 Å². The van der Waals surface area contributed by atoms with Crippen molar-refractivity contribution < 1.29 is 18.3 Å². The molecule has 6 heteroatoms. The first kappa shape index (κ1) is 18.4. The van der Waals surface area contributed by atoms with Gasteiger partial charge in [0.05, 0.1) is 7.11 Å². The standard InChI is InChI=1S/C18H23NO4S/c1-13-10-16(23-4)17(11-14(13)2)24(21,22)19-12-18(3,20)15-8-6-5-7-9-15/h5-11,19-20H,12H2,1-4H3. The summed E-state index contributed by atoms with van der Waals surface area (Å²) in [5.41, 5.74) is 1.12. The first-order valence-electron chi connectivity index (χ1n) is 7.60. The molecule has 24 heavy (non-hydrogen) atoms. The summed E-state index contributed by atoms with van der Waals surface area (Å²) in [6, 6.07) is 12.2. The molecule has 0 saturated heterocycles. The van der Waals surface area contributed by atoms with Crippen LogP contribution in [0.3, 0.4) is 0 Å². The van der Waals surface area contributed by atoms with Crippen LogP contribution in [0.1, 0.15) is 23.6 Å². The molecular weight excluding hydrogens is 326 g/mol. The molecule has 1 atom stereocenters.